The first-order valence-corrected chi connectivity index (χ1v) is 11.2. The molecule has 0 saturated heterocycles. The zero-order chi connectivity index (χ0) is 22.8. The van der Waals surface area contributed by atoms with Gasteiger partial charge >= 0.3 is 0 Å². The van der Waals surface area contributed by atoms with Gasteiger partial charge in [0.05, 0.1) is 29.8 Å². The summed E-state index contributed by atoms with van der Waals surface area (Å²) in [6.45, 7) is 4.16. The Morgan fingerprint density at radius 1 is 1.13 bits per heavy atom. The van der Waals surface area contributed by atoms with Crippen LogP contribution in [0.3, 0.4) is 0 Å². The number of hydroxylamine groups is 1. The number of carbonyl (C=O) groups excluding carboxylic acids is 1. The molecule has 0 atom stereocenters. The van der Waals surface area contributed by atoms with Gasteiger partial charge in [0.25, 0.3) is 15.9 Å². The molecule has 0 bridgehead atoms. The average molecular weight is 463 g/mol. The SMILES string of the molecule is CON(C)S(=O)(=O)c1ccc(NC(=O)c2c(C)nn(Cc3ccc(C)cc3)c2Cl)cc1. The molecule has 0 radical (unpaired) electrons. The summed E-state index contributed by atoms with van der Waals surface area (Å²) in [6, 6.07) is 13.7. The lowest BCUT2D eigenvalue weighted by Gasteiger charge is -2.14. The standard InChI is InChI=1S/C21H23ClN4O4S/c1-14-5-7-16(8-6-14)13-26-20(22)19(15(2)24-26)21(27)23-17-9-11-18(12-10-17)31(28,29)25(3)30-4/h5-12H,13H2,1-4H3,(H,23,27). The Balaban J connectivity index is 1.78. The maximum atomic E-state index is 12.8. The van der Waals surface area contributed by atoms with Crippen molar-refractivity contribution in [2.24, 2.45) is 0 Å². The number of aromatic nitrogens is 2. The van der Waals surface area contributed by atoms with Crippen molar-refractivity contribution >= 4 is 33.2 Å². The second-order valence-electron chi connectivity index (χ2n) is 6.97. The lowest BCUT2D eigenvalue weighted by molar-refractivity contribution is -0.0258. The van der Waals surface area contributed by atoms with Gasteiger partial charge in [-0.25, -0.2) is 13.1 Å². The molecular formula is C21H23ClN4O4S. The quantitative estimate of drug-likeness (QED) is 0.541. The fraction of sp³-hybridized carbons (Fsp3) is 0.238. The Labute approximate surface area is 186 Å². The number of nitrogens with zero attached hydrogens (tertiary/aromatic N) is 3. The van der Waals surface area contributed by atoms with Crippen LogP contribution in [0.2, 0.25) is 5.15 Å². The maximum absolute atomic E-state index is 12.8. The highest BCUT2D eigenvalue weighted by atomic mass is 35.5. The van der Waals surface area contributed by atoms with E-state index in [1.54, 1.807) is 11.6 Å². The minimum Gasteiger partial charge on any atom is -0.322 e. The third-order valence-corrected chi connectivity index (χ3v) is 6.83. The second kappa shape index (κ2) is 9.19. The maximum Gasteiger partial charge on any atom is 0.264 e. The van der Waals surface area contributed by atoms with Gasteiger partial charge in [-0.15, -0.1) is 0 Å². The summed E-state index contributed by atoms with van der Waals surface area (Å²) >= 11 is 6.45. The van der Waals surface area contributed by atoms with Gasteiger partial charge in [-0.2, -0.15) is 5.10 Å². The van der Waals surface area contributed by atoms with Crippen LogP contribution in [0, 0.1) is 13.8 Å². The van der Waals surface area contributed by atoms with Crippen molar-refractivity contribution in [2.45, 2.75) is 25.3 Å². The molecule has 0 saturated carbocycles. The molecule has 0 aliphatic rings. The van der Waals surface area contributed by atoms with Crippen molar-refractivity contribution in [1.82, 2.24) is 14.2 Å². The number of sulfonamides is 1. The number of amides is 1. The lowest BCUT2D eigenvalue weighted by Crippen LogP contribution is -2.25. The average Bonchev–Trinajstić information content (AvgIpc) is 3.02. The van der Waals surface area contributed by atoms with Gasteiger partial charge < -0.3 is 5.32 Å². The van der Waals surface area contributed by atoms with Crippen LogP contribution in [0.5, 0.6) is 0 Å². The largest absolute Gasteiger partial charge is 0.322 e. The minimum atomic E-state index is -3.77. The normalized spacial score (nSPS) is 11.7. The third kappa shape index (κ3) is 4.96. The Morgan fingerprint density at radius 2 is 1.74 bits per heavy atom. The monoisotopic (exact) mass is 462 g/mol. The number of benzene rings is 2. The molecule has 1 amide bonds. The van der Waals surface area contributed by atoms with Gasteiger partial charge in [-0.1, -0.05) is 45.9 Å². The van der Waals surface area contributed by atoms with E-state index in [2.05, 4.69) is 10.4 Å². The lowest BCUT2D eigenvalue weighted by atomic mass is 10.1. The van der Waals surface area contributed by atoms with Crippen molar-refractivity contribution < 1.29 is 18.0 Å². The molecule has 0 fully saturated rings. The number of anilines is 1. The molecule has 10 heteroatoms. The van der Waals surface area contributed by atoms with E-state index in [0.717, 1.165) is 15.6 Å². The van der Waals surface area contributed by atoms with Gasteiger partial charge in [-0.05, 0) is 43.7 Å². The zero-order valence-corrected chi connectivity index (χ0v) is 19.2. The smallest absolute Gasteiger partial charge is 0.264 e. The molecule has 1 N–H and O–H groups in total. The van der Waals surface area contributed by atoms with Crippen LogP contribution < -0.4 is 5.32 Å². The summed E-state index contributed by atoms with van der Waals surface area (Å²) in [5.74, 6) is -0.428. The van der Waals surface area contributed by atoms with Crippen LogP contribution in [0.1, 0.15) is 27.2 Å². The van der Waals surface area contributed by atoms with E-state index in [9.17, 15) is 13.2 Å². The number of nitrogens with one attached hydrogen (secondary N) is 1. The molecule has 3 rings (SSSR count). The van der Waals surface area contributed by atoms with E-state index in [-0.39, 0.29) is 15.6 Å². The predicted octanol–water partition coefficient (Wildman–Crippen LogP) is 3.64. The molecule has 0 aliphatic heterocycles. The summed E-state index contributed by atoms with van der Waals surface area (Å²) in [6.07, 6.45) is 0. The topological polar surface area (TPSA) is 93.5 Å². The Kier molecular flexibility index (Phi) is 6.80. The fourth-order valence-electron chi connectivity index (χ4n) is 2.93. The van der Waals surface area contributed by atoms with Gasteiger partial charge in [0.1, 0.15) is 5.15 Å². The van der Waals surface area contributed by atoms with Crippen LogP contribution in [0.15, 0.2) is 53.4 Å². The van der Waals surface area contributed by atoms with E-state index in [0.29, 0.717) is 17.9 Å². The summed E-state index contributed by atoms with van der Waals surface area (Å²) in [7, 11) is -1.21. The van der Waals surface area contributed by atoms with Crippen LogP contribution in [0.25, 0.3) is 0 Å². The van der Waals surface area contributed by atoms with E-state index >= 15 is 0 Å². The van der Waals surface area contributed by atoms with Crippen molar-refractivity contribution in [3.63, 3.8) is 0 Å². The molecule has 0 spiro atoms. The van der Waals surface area contributed by atoms with Crippen molar-refractivity contribution in [3.8, 4) is 0 Å². The van der Waals surface area contributed by atoms with Crippen molar-refractivity contribution in [3.05, 3.63) is 76.1 Å². The van der Waals surface area contributed by atoms with Crippen LogP contribution >= 0.6 is 11.6 Å². The second-order valence-corrected chi connectivity index (χ2v) is 9.26. The highest BCUT2D eigenvalue weighted by molar-refractivity contribution is 7.89. The molecule has 31 heavy (non-hydrogen) atoms. The van der Waals surface area contributed by atoms with Crippen LogP contribution in [0.4, 0.5) is 5.69 Å². The zero-order valence-electron chi connectivity index (χ0n) is 17.6. The summed E-state index contributed by atoms with van der Waals surface area (Å²) in [4.78, 5) is 17.6. The molecule has 3 aromatic rings. The minimum absolute atomic E-state index is 0.0370. The summed E-state index contributed by atoms with van der Waals surface area (Å²) in [5, 5.41) is 7.35. The molecule has 2 aromatic carbocycles. The van der Waals surface area contributed by atoms with Gasteiger partial charge in [0.2, 0.25) is 0 Å². The first-order valence-electron chi connectivity index (χ1n) is 9.36. The molecular weight excluding hydrogens is 440 g/mol. The number of carbonyl (C=O) groups is 1. The Bertz CT molecular complexity index is 1190. The van der Waals surface area contributed by atoms with Crippen LogP contribution in [-0.4, -0.2) is 42.7 Å². The number of hydrogen-bond acceptors (Lipinski definition) is 5. The van der Waals surface area contributed by atoms with E-state index in [4.69, 9.17) is 16.4 Å². The van der Waals surface area contributed by atoms with Crippen LogP contribution in [-0.2, 0) is 21.4 Å². The molecule has 1 heterocycles. The molecule has 1 aromatic heterocycles. The van der Waals surface area contributed by atoms with E-state index < -0.39 is 15.9 Å². The number of rotatable bonds is 7. The van der Waals surface area contributed by atoms with Gasteiger partial charge in [0.15, 0.2) is 0 Å². The molecule has 164 valence electrons. The first kappa shape index (κ1) is 23.0. The summed E-state index contributed by atoms with van der Waals surface area (Å²) < 4.78 is 26.9. The molecule has 0 aliphatic carbocycles. The first-order chi connectivity index (χ1) is 14.6. The third-order valence-electron chi connectivity index (χ3n) is 4.75. The van der Waals surface area contributed by atoms with Crippen molar-refractivity contribution in [1.29, 1.82) is 0 Å². The molecule has 0 unspecified atom stereocenters. The van der Waals surface area contributed by atoms with Crippen molar-refractivity contribution in [2.75, 3.05) is 19.5 Å². The van der Waals surface area contributed by atoms with Gasteiger partial charge in [0, 0.05) is 12.7 Å². The fourth-order valence-corrected chi connectivity index (χ4v) is 4.23. The number of hydrogen-bond donors (Lipinski definition) is 1. The number of aryl methyl sites for hydroxylation is 2. The van der Waals surface area contributed by atoms with Gasteiger partial charge in [-0.3, -0.25) is 9.63 Å². The van der Waals surface area contributed by atoms with E-state index in [1.807, 2.05) is 31.2 Å². The molecule has 8 nitrogen and oxygen atoms in total. The number of halogens is 1. The highest BCUT2D eigenvalue weighted by Crippen LogP contribution is 2.23. The van der Waals surface area contributed by atoms with E-state index in [1.165, 1.54) is 38.4 Å². The summed E-state index contributed by atoms with van der Waals surface area (Å²) in [5.41, 5.74) is 3.35. The highest BCUT2D eigenvalue weighted by Gasteiger charge is 2.22. The Morgan fingerprint density at radius 3 is 2.32 bits per heavy atom. The predicted molar refractivity (Wildman–Crippen MR) is 119 cm³/mol. The Hall–Kier alpha value is -2.72.